The predicted molar refractivity (Wildman–Crippen MR) is 192 cm³/mol. The number of anilines is 2. The molecule has 0 bridgehead atoms. The molecule has 0 saturated carbocycles. The number of amides is 4. The molecule has 0 unspecified atom stereocenters. The SMILES string of the molecule is Cn1c(-c2cn(-c3ccc(N)cn3)nc2C(F)(F)F)cnc1C(=O)Nc1ccc(C(=O)N2CCN(C(=O)[C@@H]3COCCN3C(=O)OC(C)(C)C)CC2)c(Cl)c1. The Labute approximate surface area is 317 Å². The van der Waals surface area contributed by atoms with Gasteiger partial charge in [0.2, 0.25) is 5.91 Å². The number of piperazine rings is 1. The molecule has 1 atom stereocenters. The molecule has 2 aliphatic heterocycles. The zero-order chi connectivity index (χ0) is 39.8. The zero-order valence-corrected chi connectivity index (χ0v) is 31.0. The van der Waals surface area contributed by atoms with Crippen LogP contribution in [0.5, 0.6) is 0 Å². The van der Waals surface area contributed by atoms with Crippen molar-refractivity contribution in [3.8, 4) is 17.1 Å². The number of carbonyl (C=O) groups is 4. The monoisotopic (exact) mass is 786 g/mol. The van der Waals surface area contributed by atoms with E-state index in [1.165, 1.54) is 53.0 Å². The van der Waals surface area contributed by atoms with Crippen LogP contribution < -0.4 is 11.1 Å². The van der Waals surface area contributed by atoms with Gasteiger partial charge in [-0.1, -0.05) is 11.6 Å². The van der Waals surface area contributed by atoms with Crippen molar-refractivity contribution < 1.29 is 41.8 Å². The van der Waals surface area contributed by atoms with Crippen LogP contribution in [0.4, 0.5) is 29.3 Å². The molecule has 55 heavy (non-hydrogen) atoms. The van der Waals surface area contributed by atoms with Crippen molar-refractivity contribution in [1.82, 2.24) is 39.0 Å². The van der Waals surface area contributed by atoms with E-state index < -0.39 is 41.4 Å². The number of hydrogen-bond acceptors (Lipinski definition) is 10. The molecule has 0 aliphatic carbocycles. The second kappa shape index (κ2) is 15.2. The first kappa shape index (κ1) is 39.0. The van der Waals surface area contributed by atoms with E-state index in [2.05, 4.69) is 20.4 Å². The van der Waals surface area contributed by atoms with Crippen LogP contribution in [0, 0.1) is 0 Å². The van der Waals surface area contributed by atoms with E-state index in [1.54, 1.807) is 30.6 Å². The van der Waals surface area contributed by atoms with Crippen LogP contribution in [-0.2, 0) is 27.5 Å². The van der Waals surface area contributed by atoms with Gasteiger partial charge in [-0.3, -0.25) is 19.3 Å². The number of rotatable bonds is 6. The van der Waals surface area contributed by atoms with E-state index in [9.17, 15) is 32.3 Å². The number of benzene rings is 1. The molecule has 3 aromatic heterocycles. The average molecular weight is 787 g/mol. The van der Waals surface area contributed by atoms with Crippen LogP contribution in [0.15, 0.2) is 48.9 Å². The Kier molecular flexibility index (Phi) is 10.8. The molecule has 0 radical (unpaired) electrons. The Bertz CT molecular complexity index is 2110. The summed E-state index contributed by atoms with van der Waals surface area (Å²) in [7, 11) is 1.39. The molecule has 2 aliphatic rings. The van der Waals surface area contributed by atoms with E-state index >= 15 is 0 Å². The third kappa shape index (κ3) is 8.51. The van der Waals surface area contributed by atoms with Crippen LogP contribution in [0.2, 0.25) is 5.02 Å². The lowest BCUT2D eigenvalue weighted by atomic mass is 10.1. The largest absolute Gasteiger partial charge is 0.444 e. The number of nitrogens with two attached hydrogens (primary N) is 1. The Balaban J connectivity index is 1.10. The minimum absolute atomic E-state index is 0.0326. The summed E-state index contributed by atoms with van der Waals surface area (Å²) in [5, 5.41) is 6.35. The zero-order valence-electron chi connectivity index (χ0n) is 30.3. The number of halogens is 4. The molecule has 0 spiro atoms. The predicted octanol–water partition coefficient (Wildman–Crippen LogP) is 4.09. The van der Waals surface area contributed by atoms with Crippen LogP contribution in [0.1, 0.15) is 47.4 Å². The average Bonchev–Trinajstić information content (AvgIpc) is 3.75. The molecule has 5 heterocycles. The van der Waals surface area contributed by atoms with Crippen molar-refractivity contribution >= 4 is 46.8 Å². The highest BCUT2D eigenvalue weighted by molar-refractivity contribution is 6.34. The molecule has 6 rings (SSSR count). The molecule has 292 valence electrons. The van der Waals surface area contributed by atoms with Gasteiger partial charge >= 0.3 is 12.3 Å². The lowest BCUT2D eigenvalue weighted by Crippen LogP contribution is -2.60. The van der Waals surface area contributed by atoms with Gasteiger partial charge < -0.3 is 34.9 Å². The third-order valence-electron chi connectivity index (χ3n) is 8.83. The topological polar surface area (TPSA) is 183 Å². The van der Waals surface area contributed by atoms with E-state index in [0.717, 1.165) is 17.1 Å². The van der Waals surface area contributed by atoms with Crippen LogP contribution >= 0.6 is 11.6 Å². The number of nitrogen functional groups attached to an aromatic ring is 1. The van der Waals surface area contributed by atoms with E-state index in [1.807, 2.05) is 0 Å². The number of imidazole rings is 1. The number of hydrogen-bond donors (Lipinski definition) is 2. The van der Waals surface area contributed by atoms with Gasteiger partial charge in [0.05, 0.1) is 53.1 Å². The van der Waals surface area contributed by atoms with Crippen molar-refractivity contribution in [2.24, 2.45) is 7.05 Å². The van der Waals surface area contributed by atoms with Gasteiger partial charge in [-0.05, 0) is 51.1 Å². The number of aromatic nitrogens is 5. The molecule has 1 aromatic carbocycles. The summed E-state index contributed by atoms with van der Waals surface area (Å²) >= 11 is 6.51. The van der Waals surface area contributed by atoms with Gasteiger partial charge in [0.1, 0.15) is 11.6 Å². The molecule has 3 N–H and O–H groups in total. The summed E-state index contributed by atoms with van der Waals surface area (Å²) in [5.74, 6) is -1.56. The van der Waals surface area contributed by atoms with E-state index in [4.69, 9.17) is 26.8 Å². The maximum Gasteiger partial charge on any atom is 0.435 e. The van der Waals surface area contributed by atoms with Crippen molar-refractivity contribution in [2.75, 3.05) is 57.0 Å². The molecule has 2 saturated heterocycles. The standard InChI is InChI=1S/C35H38ClF3N10O6/c1-34(2,3)55-33(53)48-13-14-54-19-26(48)32(52)47-11-9-46(10-12-47)31(51)22-7-6-21(15-24(22)36)43-30(50)29-42-17-25(45(29)4)23-18-49(44-28(23)35(37,38)39)27-8-5-20(40)16-41-27/h5-8,15-18,26H,9-14,19,40H2,1-4H3,(H,43,50)/t26-/m0/s1. The molecular formula is C35H38ClF3N10O6. The summed E-state index contributed by atoms with van der Waals surface area (Å²) in [4.78, 5) is 65.6. The number of carbonyl (C=O) groups excluding carboxylic acids is 4. The first-order valence-electron chi connectivity index (χ1n) is 17.1. The number of nitrogens with one attached hydrogen (secondary N) is 1. The molecule has 16 nitrogen and oxygen atoms in total. The fourth-order valence-electron chi connectivity index (χ4n) is 6.10. The highest BCUT2D eigenvalue weighted by Gasteiger charge is 2.40. The Morgan fingerprint density at radius 1 is 0.982 bits per heavy atom. The number of alkyl halides is 3. The Hall–Kier alpha value is -5.69. The fraction of sp³-hybridized carbons (Fsp3) is 0.400. The second-order valence-corrected chi connectivity index (χ2v) is 14.2. The Morgan fingerprint density at radius 3 is 2.33 bits per heavy atom. The van der Waals surface area contributed by atoms with Gasteiger partial charge in [-0.25, -0.2) is 19.4 Å². The molecule has 4 aromatic rings. The van der Waals surface area contributed by atoms with Gasteiger partial charge in [-0.2, -0.15) is 18.3 Å². The van der Waals surface area contributed by atoms with Crippen LogP contribution in [0.25, 0.3) is 17.1 Å². The first-order valence-corrected chi connectivity index (χ1v) is 17.5. The maximum absolute atomic E-state index is 14.1. The highest BCUT2D eigenvalue weighted by Crippen LogP contribution is 2.37. The lowest BCUT2D eigenvalue weighted by molar-refractivity contribution is -0.144. The van der Waals surface area contributed by atoms with Gasteiger partial charge in [0.15, 0.2) is 17.3 Å². The lowest BCUT2D eigenvalue weighted by Gasteiger charge is -2.40. The van der Waals surface area contributed by atoms with Gasteiger partial charge in [0, 0.05) is 51.7 Å². The third-order valence-corrected chi connectivity index (χ3v) is 9.15. The number of morpholine rings is 1. The fourth-order valence-corrected chi connectivity index (χ4v) is 6.36. The minimum Gasteiger partial charge on any atom is -0.444 e. The van der Waals surface area contributed by atoms with E-state index in [0.29, 0.717) is 5.69 Å². The second-order valence-electron chi connectivity index (χ2n) is 13.8. The molecule has 4 amide bonds. The summed E-state index contributed by atoms with van der Waals surface area (Å²) in [6.45, 7) is 6.58. The van der Waals surface area contributed by atoms with Crippen molar-refractivity contribution in [1.29, 1.82) is 0 Å². The summed E-state index contributed by atoms with van der Waals surface area (Å²) in [6, 6.07) is 6.31. The number of ether oxygens (including phenoxy) is 2. The quantitative estimate of drug-likeness (QED) is 0.289. The summed E-state index contributed by atoms with van der Waals surface area (Å²) < 4.78 is 55.3. The molecular weight excluding hydrogens is 749 g/mol. The smallest absolute Gasteiger partial charge is 0.435 e. The van der Waals surface area contributed by atoms with Gasteiger partial charge in [0.25, 0.3) is 11.8 Å². The van der Waals surface area contributed by atoms with Gasteiger partial charge in [-0.15, -0.1) is 0 Å². The summed E-state index contributed by atoms with van der Waals surface area (Å²) in [6.07, 6.45) is -1.88. The van der Waals surface area contributed by atoms with Crippen LogP contribution in [0.3, 0.4) is 0 Å². The van der Waals surface area contributed by atoms with Crippen molar-refractivity contribution in [2.45, 2.75) is 38.6 Å². The molecule has 2 fully saturated rings. The van der Waals surface area contributed by atoms with Crippen molar-refractivity contribution in [3.63, 3.8) is 0 Å². The first-order chi connectivity index (χ1) is 25.9. The molecule has 20 heteroatoms. The Morgan fingerprint density at radius 2 is 1.69 bits per heavy atom. The van der Waals surface area contributed by atoms with Crippen LogP contribution in [-0.4, -0.2) is 120 Å². The number of nitrogens with zero attached hydrogens (tertiary/aromatic N) is 8. The highest BCUT2D eigenvalue weighted by atomic mass is 35.5. The summed E-state index contributed by atoms with van der Waals surface area (Å²) in [5.41, 5.74) is 4.02. The van der Waals surface area contributed by atoms with Crippen molar-refractivity contribution in [3.05, 3.63) is 71.0 Å². The minimum atomic E-state index is -4.84. The number of pyridine rings is 1. The maximum atomic E-state index is 14.1. The van der Waals surface area contributed by atoms with E-state index in [-0.39, 0.29) is 91.0 Å². The normalized spacial score (nSPS) is 16.6.